The van der Waals surface area contributed by atoms with Gasteiger partial charge in [0.1, 0.15) is 11.7 Å². The van der Waals surface area contributed by atoms with Crippen LogP contribution in [0.25, 0.3) is 21.8 Å². The number of carbonyl (C=O) groups is 3. The van der Waals surface area contributed by atoms with Gasteiger partial charge in [0.05, 0.1) is 6.04 Å². The van der Waals surface area contributed by atoms with Crippen LogP contribution in [0.15, 0.2) is 60.8 Å². The average Bonchev–Trinajstić information content (AvgIpc) is 3.25. The van der Waals surface area contributed by atoms with Crippen molar-refractivity contribution >= 4 is 39.5 Å². The van der Waals surface area contributed by atoms with Crippen LogP contribution in [-0.2, 0) is 4.79 Å². The number of benzene rings is 2. The van der Waals surface area contributed by atoms with Crippen molar-refractivity contribution in [1.82, 2.24) is 25.5 Å². The minimum atomic E-state index is -0.740. The molecule has 0 spiro atoms. The van der Waals surface area contributed by atoms with Crippen molar-refractivity contribution in [3.63, 3.8) is 0 Å². The SMILES string of the molecule is CC(C)(C)[C@H](NC(=O)c1cc2ccccc2[nH]1)C(=O)NCC1C2C[C@H]2CN1C(=O)c1cccc2[nH]ccc12. The highest BCUT2D eigenvalue weighted by molar-refractivity contribution is 6.06. The van der Waals surface area contributed by atoms with E-state index in [1.54, 1.807) is 6.07 Å². The normalized spacial score (nSPS) is 21.3. The van der Waals surface area contributed by atoms with Crippen LogP contribution in [0.1, 0.15) is 48.0 Å². The zero-order valence-corrected chi connectivity index (χ0v) is 21.9. The van der Waals surface area contributed by atoms with Crippen LogP contribution in [0.4, 0.5) is 0 Å². The molecule has 4 N–H and O–H groups in total. The molecule has 2 aliphatic rings. The van der Waals surface area contributed by atoms with Gasteiger partial charge in [0, 0.05) is 46.7 Å². The van der Waals surface area contributed by atoms with E-state index in [0.717, 1.165) is 28.2 Å². The Balaban J connectivity index is 1.16. The maximum Gasteiger partial charge on any atom is 0.268 e. The molecule has 1 aliphatic heterocycles. The van der Waals surface area contributed by atoms with Crippen LogP contribution in [0, 0.1) is 17.3 Å². The standard InChI is InChI=1S/C30H33N5O3/c1-30(2,3)26(34-27(36)24-14-17-7-4-5-9-22(17)33-24)28(37)32-15-25-21-13-18(21)16-35(25)29(38)20-8-6-10-23-19(20)11-12-31-23/h4-12,14,18,21,25-26,31,33H,13,15-16H2,1-3H3,(H,32,37)(H,34,36)/t18-,21?,25?,26+/m0/s1. The lowest BCUT2D eigenvalue weighted by Gasteiger charge is -2.32. The summed E-state index contributed by atoms with van der Waals surface area (Å²) in [4.78, 5) is 48.4. The Morgan fingerprint density at radius 2 is 1.84 bits per heavy atom. The summed E-state index contributed by atoms with van der Waals surface area (Å²) in [5.74, 6) is 0.327. The molecule has 2 aromatic heterocycles. The maximum absolute atomic E-state index is 13.6. The molecule has 8 heteroatoms. The van der Waals surface area contributed by atoms with E-state index < -0.39 is 11.5 Å². The third-order valence-corrected chi connectivity index (χ3v) is 8.05. The molecule has 196 valence electrons. The number of hydrogen-bond acceptors (Lipinski definition) is 3. The Kier molecular flexibility index (Phi) is 5.78. The number of fused-ring (bicyclic) bond motifs is 3. The summed E-state index contributed by atoms with van der Waals surface area (Å²) in [6, 6.07) is 16.3. The molecule has 2 aromatic carbocycles. The van der Waals surface area contributed by atoms with Crippen molar-refractivity contribution in [2.45, 2.75) is 39.3 Å². The van der Waals surface area contributed by atoms with Crippen LogP contribution in [0.3, 0.4) is 0 Å². The Morgan fingerprint density at radius 3 is 2.63 bits per heavy atom. The average molecular weight is 512 g/mol. The van der Waals surface area contributed by atoms with Gasteiger partial charge in [-0.2, -0.15) is 0 Å². The molecule has 2 unspecified atom stereocenters. The molecule has 8 nitrogen and oxygen atoms in total. The third-order valence-electron chi connectivity index (χ3n) is 8.05. The van der Waals surface area contributed by atoms with Gasteiger partial charge in [-0.1, -0.05) is 45.0 Å². The monoisotopic (exact) mass is 511 g/mol. The second-order valence-electron chi connectivity index (χ2n) is 11.7. The van der Waals surface area contributed by atoms with E-state index in [2.05, 4.69) is 20.6 Å². The summed E-state index contributed by atoms with van der Waals surface area (Å²) in [5.41, 5.74) is 2.39. The van der Waals surface area contributed by atoms with Gasteiger partial charge in [-0.3, -0.25) is 14.4 Å². The highest BCUT2D eigenvalue weighted by atomic mass is 16.2. The summed E-state index contributed by atoms with van der Waals surface area (Å²) in [6.45, 7) is 6.88. The molecule has 6 rings (SSSR count). The highest BCUT2D eigenvalue weighted by Crippen LogP contribution is 2.49. The first-order valence-corrected chi connectivity index (χ1v) is 13.2. The maximum atomic E-state index is 13.6. The Labute approximate surface area is 221 Å². The number of hydrogen-bond donors (Lipinski definition) is 4. The number of para-hydroxylation sites is 1. The number of likely N-dealkylation sites (tertiary alicyclic amines) is 1. The van der Waals surface area contributed by atoms with Crippen molar-refractivity contribution in [3.8, 4) is 0 Å². The van der Waals surface area contributed by atoms with E-state index in [4.69, 9.17) is 0 Å². The zero-order chi connectivity index (χ0) is 26.6. The Morgan fingerprint density at radius 1 is 1.05 bits per heavy atom. The van der Waals surface area contributed by atoms with Crippen molar-refractivity contribution in [1.29, 1.82) is 0 Å². The van der Waals surface area contributed by atoms with Gasteiger partial charge in [-0.25, -0.2) is 0 Å². The highest BCUT2D eigenvalue weighted by Gasteiger charge is 2.54. The van der Waals surface area contributed by atoms with Crippen molar-refractivity contribution in [2.75, 3.05) is 13.1 Å². The molecule has 1 aliphatic carbocycles. The van der Waals surface area contributed by atoms with Gasteiger partial charge in [-0.05, 0) is 54.0 Å². The summed E-state index contributed by atoms with van der Waals surface area (Å²) < 4.78 is 0. The summed E-state index contributed by atoms with van der Waals surface area (Å²) >= 11 is 0. The minimum absolute atomic E-state index is 0.00105. The number of rotatable bonds is 6. The van der Waals surface area contributed by atoms with Crippen LogP contribution < -0.4 is 10.6 Å². The molecule has 1 saturated carbocycles. The van der Waals surface area contributed by atoms with E-state index in [9.17, 15) is 14.4 Å². The van der Waals surface area contributed by atoms with Crippen molar-refractivity contribution < 1.29 is 14.4 Å². The predicted octanol–water partition coefficient (Wildman–Crippen LogP) is 4.07. The lowest BCUT2D eigenvalue weighted by Crippen LogP contribution is -2.55. The second-order valence-corrected chi connectivity index (χ2v) is 11.7. The molecule has 38 heavy (non-hydrogen) atoms. The van der Waals surface area contributed by atoms with Gasteiger partial charge < -0.3 is 25.5 Å². The smallest absolute Gasteiger partial charge is 0.268 e. The quantitative estimate of drug-likeness (QED) is 0.313. The van der Waals surface area contributed by atoms with Crippen LogP contribution in [0.2, 0.25) is 0 Å². The first-order valence-electron chi connectivity index (χ1n) is 13.2. The molecule has 4 atom stereocenters. The zero-order valence-electron chi connectivity index (χ0n) is 21.9. The van der Waals surface area contributed by atoms with Gasteiger partial charge in [-0.15, -0.1) is 0 Å². The molecular formula is C30H33N5O3. The molecule has 0 radical (unpaired) electrons. The number of nitrogens with zero attached hydrogens (tertiary/aromatic N) is 1. The van der Waals surface area contributed by atoms with E-state index in [0.29, 0.717) is 36.2 Å². The van der Waals surface area contributed by atoms with Gasteiger partial charge in [0.25, 0.3) is 11.8 Å². The summed E-state index contributed by atoms with van der Waals surface area (Å²) in [7, 11) is 0. The molecule has 2 fully saturated rings. The van der Waals surface area contributed by atoms with Gasteiger partial charge in [0.2, 0.25) is 5.91 Å². The number of carbonyl (C=O) groups excluding carboxylic acids is 3. The summed E-state index contributed by atoms with van der Waals surface area (Å²) in [5, 5.41) is 7.87. The number of amides is 3. The number of aromatic amines is 2. The first-order chi connectivity index (χ1) is 18.2. The van der Waals surface area contributed by atoms with Crippen molar-refractivity contribution in [2.24, 2.45) is 17.3 Å². The van der Waals surface area contributed by atoms with Gasteiger partial charge in [0.15, 0.2) is 0 Å². The molecular weight excluding hydrogens is 478 g/mol. The van der Waals surface area contributed by atoms with Crippen LogP contribution in [-0.4, -0.2) is 57.8 Å². The molecule has 0 bridgehead atoms. The molecule has 1 saturated heterocycles. The van der Waals surface area contributed by atoms with E-state index in [1.807, 2.05) is 80.4 Å². The third kappa shape index (κ3) is 4.34. The van der Waals surface area contributed by atoms with E-state index in [1.165, 1.54) is 0 Å². The topological polar surface area (TPSA) is 110 Å². The first kappa shape index (κ1) is 24.3. The Bertz CT molecular complexity index is 1510. The number of aromatic nitrogens is 2. The number of piperidine rings is 1. The lowest BCUT2D eigenvalue weighted by atomic mass is 9.86. The lowest BCUT2D eigenvalue weighted by molar-refractivity contribution is -0.125. The van der Waals surface area contributed by atoms with Crippen molar-refractivity contribution in [3.05, 3.63) is 72.1 Å². The minimum Gasteiger partial charge on any atom is -0.361 e. The fourth-order valence-electron chi connectivity index (χ4n) is 5.88. The van der Waals surface area contributed by atoms with Crippen LogP contribution in [0.5, 0.6) is 0 Å². The second kappa shape index (κ2) is 9.04. The van der Waals surface area contributed by atoms with Crippen LogP contribution >= 0.6 is 0 Å². The van der Waals surface area contributed by atoms with Gasteiger partial charge >= 0.3 is 0 Å². The largest absolute Gasteiger partial charge is 0.361 e. The van der Waals surface area contributed by atoms with E-state index >= 15 is 0 Å². The molecule has 4 aromatic rings. The summed E-state index contributed by atoms with van der Waals surface area (Å²) in [6.07, 6.45) is 2.93. The number of nitrogens with one attached hydrogen (secondary N) is 4. The predicted molar refractivity (Wildman–Crippen MR) is 147 cm³/mol. The molecule has 3 heterocycles. The van der Waals surface area contributed by atoms with E-state index in [-0.39, 0.29) is 23.8 Å². The number of H-pyrrole nitrogens is 2. The fourth-order valence-corrected chi connectivity index (χ4v) is 5.88. The Hall–Kier alpha value is -4.07. The fraction of sp³-hybridized carbons (Fsp3) is 0.367. The molecule has 3 amide bonds.